The highest BCUT2D eigenvalue weighted by Gasteiger charge is 2.36. The van der Waals surface area contributed by atoms with Gasteiger partial charge in [-0.05, 0) is 12.5 Å². The molecule has 3 aliphatic heterocycles. The Kier molecular flexibility index (Phi) is 2.90. The summed E-state index contributed by atoms with van der Waals surface area (Å²) in [6.45, 7) is 7.62. The van der Waals surface area contributed by atoms with E-state index in [1.54, 1.807) is 0 Å². The van der Waals surface area contributed by atoms with Gasteiger partial charge in [0.15, 0.2) is 0 Å². The molecule has 92 valence electrons. The molecule has 3 heteroatoms. The molecule has 3 saturated heterocycles. The lowest BCUT2D eigenvalue weighted by Gasteiger charge is -2.49. The Balaban J connectivity index is 1.80. The molecular weight excluding hydrogens is 212 g/mol. The fraction of sp³-hybridized carbons (Fsp3) is 0.571. The molecule has 2 bridgehead atoms. The molecule has 0 amide bonds. The molecule has 3 nitrogen and oxygen atoms in total. The number of rotatable bonds is 2. The molecule has 3 aliphatic rings. The van der Waals surface area contributed by atoms with E-state index in [9.17, 15) is 5.11 Å². The normalized spacial score (nSPS) is 33.6. The number of piperazine rings is 3. The van der Waals surface area contributed by atoms with Gasteiger partial charge in [-0.2, -0.15) is 0 Å². The van der Waals surface area contributed by atoms with Crippen LogP contribution in [0.25, 0.3) is 0 Å². The van der Waals surface area contributed by atoms with Crippen LogP contribution in [0.1, 0.15) is 17.2 Å². The van der Waals surface area contributed by atoms with Crippen LogP contribution in [0.3, 0.4) is 0 Å². The number of aryl methyl sites for hydroxylation is 1. The van der Waals surface area contributed by atoms with Gasteiger partial charge >= 0.3 is 0 Å². The molecule has 0 saturated carbocycles. The van der Waals surface area contributed by atoms with Crippen LogP contribution in [-0.4, -0.2) is 53.7 Å². The van der Waals surface area contributed by atoms with Gasteiger partial charge in [-0.25, -0.2) is 0 Å². The SMILES string of the molecule is Cc1cccc(C(O)C2CN3CCN2CC3)c1. The first-order valence-corrected chi connectivity index (χ1v) is 6.45. The largest absolute Gasteiger partial charge is 0.387 e. The van der Waals surface area contributed by atoms with Crippen LogP contribution in [0.5, 0.6) is 0 Å². The molecule has 1 N–H and O–H groups in total. The maximum absolute atomic E-state index is 10.5. The van der Waals surface area contributed by atoms with Gasteiger partial charge in [0.2, 0.25) is 0 Å². The summed E-state index contributed by atoms with van der Waals surface area (Å²) in [5, 5.41) is 10.5. The molecule has 4 rings (SSSR count). The number of benzene rings is 1. The molecule has 2 unspecified atom stereocenters. The average Bonchev–Trinajstić information content (AvgIpc) is 2.39. The highest BCUT2D eigenvalue weighted by Crippen LogP contribution is 2.27. The Morgan fingerprint density at radius 3 is 2.59 bits per heavy atom. The van der Waals surface area contributed by atoms with Gasteiger partial charge in [0.05, 0.1) is 12.1 Å². The van der Waals surface area contributed by atoms with Crippen LogP contribution < -0.4 is 0 Å². The number of hydrogen-bond donors (Lipinski definition) is 1. The third kappa shape index (κ3) is 2.10. The van der Waals surface area contributed by atoms with E-state index in [2.05, 4.69) is 28.9 Å². The van der Waals surface area contributed by atoms with Gasteiger partial charge in [-0.15, -0.1) is 0 Å². The van der Waals surface area contributed by atoms with E-state index >= 15 is 0 Å². The fourth-order valence-electron chi connectivity index (χ4n) is 3.03. The molecule has 3 fully saturated rings. The molecule has 2 atom stereocenters. The summed E-state index contributed by atoms with van der Waals surface area (Å²) in [7, 11) is 0. The average molecular weight is 232 g/mol. The number of hydrogen-bond acceptors (Lipinski definition) is 3. The maximum atomic E-state index is 10.5. The summed E-state index contributed by atoms with van der Waals surface area (Å²) < 4.78 is 0. The van der Waals surface area contributed by atoms with Crippen molar-refractivity contribution in [1.82, 2.24) is 9.80 Å². The van der Waals surface area contributed by atoms with E-state index in [-0.39, 0.29) is 12.1 Å². The first-order valence-electron chi connectivity index (χ1n) is 6.45. The van der Waals surface area contributed by atoms with Crippen LogP contribution in [-0.2, 0) is 0 Å². The minimum Gasteiger partial charge on any atom is -0.387 e. The molecular formula is C14H20N2O. The van der Waals surface area contributed by atoms with E-state index in [1.807, 2.05) is 12.1 Å². The number of aliphatic hydroxyl groups excluding tert-OH is 1. The third-order valence-corrected chi connectivity index (χ3v) is 4.07. The molecule has 0 radical (unpaired) electrons. The van der Waals surface area contributed by atoms with Crippen molar-refractivity contribution in [2.45, 2.75) is 19.1 Å². The van der Waals surface area contributed by atoms with Gasteiger partial charge in [-0.3, -0.25) is 9.80 Å². The van der Waals surface area contributed by atoms with E-state index in [0.717, 1.165) is 38.3 Å². The zero-order valence-electron chi connectivity index (χ0n) is 10.3. The number of fused-ring (bicyclic) bond motifs is 3. The van der Waals surface area contributed by atoms with Crippen LogP contribution in [0.15, 0.2) is 24.3 Å². The predicted octanol–water partition coefficient (Wildman–Crippen LogP) is 1.03. The van der Waals surface area contributed by atoms with Crippen molar-refractivity contribution >= 4 is 0 Å². The summed E-state index contributed by atoms with van der Waals surface area (Å²) in [4.78, 5) is 4.90. The Hall–Kier alpha value is -0.900. The summed E-state index contributed by atoms with van der Waals surface area (Å²) in [6, 6.07) is 8.52. The third-order valence-electron chi connectivity index (χ3n) is 4.07. The van der Waals surface area contributed by atoms with Gasteiger partial charge in [0.1, 0.15) is 0 Å². The second-order valence-corrected chi connectivity index (χ2v) is 5.26. The van der Waals surface area contributed by atoms with E-state index in [4.69, 9.17) is 0 Å². The van der Waals surface area contributed by atoms with E-state index < -0.39 is 0 Å². The molecule has 0 aliphatic carbocycles. The molecule has 3 heterocycles. The number of aliphatic hydroxyl groups is 1. The topological polar surface area (TPSA) is 26.7 Å². The van der Waals surface area contributed by atoms with Crippen LogP contribution >= 0.6 is 0 Å². The van der Waals surface area contributed by atoms with Crippen molar-refractivity contribution in [3.8, 4) is 0 Å². The van der Waals surface area contributed by atoms with Crippen LogP contribution in [0.4, 0.5) is 0 Å². The van der Waals surface area contributed by atoms with Gasteiger partial charge in [-0.1, -0.05) is 29.8 Å². The first-order chi connectivity index (χ1) is 8.24. The second-order valence-electron chi connectivity index (χ2n) is 5.26. The quantitative estimate of drug-likeness (QED) is 0.825. The zero-order chi connectivity index (χ0) is 11.8. The summed E-state index contributed by atoms with van der Waals surface area (Å²) in [5.74, 6) is 0. The Morgan fingerprint density at radius 1 is 1.24 bits per heavy atom. The van der Waals surface area contributed by atoms with Crippen molar-refractivity contribution in [2.75, 3.05) is 32.7 Å². The maximum Gasteiger partial charge on any atom is 0.0957 e. The lowest BCUT2D eigenvalue weighted by atomic mass is 9.95. The summed E-state index contributed by atoms with van der Waals surface area (Å²) >= 11 is 0. The monoisotopic (exact) mass is 232 g/mol. The molecule has 0 aromatic heterocycles. The first kappa shape index (κ1) is 11.2. The van der Waals surface area contributed by atoms with Crippen molar-refractivity contribution in [2.24, 2.45) is 0 Å². The zero-order valence-corrected chi connectivity index (χ0v) is 10.3. The molecule has 17 heavy (non-hydrogen) atoms. The predicted molar refractivity (Wildman–Crippen MR) is 67.9 cm³/mol. The van der Waals surface area contributed by atoms with Gasteiger partial charge in [0, 0.05) is 32.7 Å². The van der Waals surface area contributed by atoms with E-state index in [0.29, 0.717) is 0 Å². The standard InChI is InChI=1S/C14H20N2O/c1-11-3-2-4-12(9-11)14(17)13-10-15-5-7-16(13)8-6-15/h2-4,9,13-14,17H,5-8,10H2,1H3. The van der Waals surface area contributed by atoms with Crippen molar-refractivity contribution in [1.29, 1.82) is 0 Å². The van der Waals surface area contributed by atoms with Crippen molar-refractivity contribution in [3.63, 3.8) is 0 Å². The highest BCUT2D eigenvalue weighted by atomic mass is 16.3. The van der Waals surface area contributed by atoms with Gasteiger partial charge in [0.25, 0.3) is 0 Å². The lowest BCUT2D eigenvalue weighted by Crippen LogP contribution is -2.62. The number of nitrogens with zero attached hydrogens (tertiary/aromatic N) is 2. The Bertz CT molecular complexity index is 399. The molecule has 0 spiro atoms. The van der Waals surface area contributed by atoms with Crippen LogP contribution in [0, 0.1) is 6.92 Å². The highest BCUT2D eigenvalue weighted by molar-refractivity contribution is 5.25. The fourth-order valence-corrected chi connectivity index (χ4v) is 3.03. The van der Waals surface area contributed by atoms with Crippen molar-refractivity contribution < 1.29 is 5.11 Å². The minimum absolute atomic E-state index is 0.277. The van der Waals surface area contributed by atoms with Crippen LogP contribution in [0.2, 0.25) is 0 Å². The minimum atomic E-state index is -0.349. The Labute approximate surface area is 103 Å². The van der Waals surface area contributed by atoms with E-state index in [1.165, 1.54) is 5.56 Å². The van der Waals surface area contributed by atoms with Gasteiger partial charge < -0.3 is 5.11 Å². The summed E-state index contributed by atoms with van der Waals surface area (Å²) in [6.07, 6.45) is -0.349. The summed E-state index contributed by atoms with van der Waals surface area (Å²) in [5.41, 5.74) is 2.28. The molecule has 1 aromatic rings. The lowest BCUT2D eigenvalue weighted by molar-refractivity contribution is -0.0470. The van der Waals surface area contributed by atoms with Crippen molar-refractivity contribution in [3.05, 3.63) is 35.4 Å². The second kappa shape index (κ2) is 4.41. The molecule has 1 aromatic carbocycles. The Morgan fingerprint density at radius 2 is 2.00 bits per heavy atom. The smallest absolute Gasteiger partial charge is 0.0957 e.